The van der Waals surface area contributed by atoms with E-state index in [-0.39, 0.29) is 58.4 Å². The number of rotatable bonds is 9. The molecule has 3 aliphatic rings. The zero-order valence-corrected chi connectivity index (χ0v) is 25.4. The fraction of sp³-hybridized carbons (Fsp3) is 0.441. The van der Waals surface area contributed by atoms with E-state index in [0.717, 1.165) is 31.2 Å². The second kappa shape index (κ2) is 12.3. The van der Waals surface area contributed by atoms with Gasteiger partial charge in [0.15, 0.2) is 17.2 Å². The van der Waals surface area contributed by atoms with Crippen LogP contribution in [0.1, 0.15) is 66.9 Å². The third-order valence-electron chi connectivity index (χ3n) is 9.16. The Morgan fingerprint density at radius 2 is 1.89 bits per heavy atom. The molecule has 3 aromatic rings. The first-order valence-corrected chi connectivity index (χ1v) is 15.5. The maximum atomic E-state index is 16.4. The lowest BCUT2D eigenvalue weighted by Gasteiger charge is -2.36. The molecule has 2 aliphatic heterocycles. The molecule has 2 fully saturated rings. The zero-order chi connectivity index (χ0) is 31.1. The largest absolute Gasteiger partial charge is 0.488 e. The van der Waals surface area contributed by atoms with Gasteiger partial charge in [-0.3, -0.25) is 4.79 Å². The topological polar surface area (TPSA) is 103 Å². The molecule has 234 valence electrons. The summed E-state index contributed by atoms with van der Waals surface area (Å²) in [6, 6.07) is 13.6. The van der Waals surface area contributed by atoms with Gasteiger partial charge in [0.2, 0.25) is 5.91 Å². The van der Waals surface area contributed by atoms with Crippen LogP contribution in [0.3, 0.4) is 0 Å². The molecule has 2 atom stereocenters. The minimum atomic E-state index is -0.979. The van der Waals surface area contributed by atoms with Crippen LogP contribution in [-0.4, -0.2) is 48.5 Å². The molecular weight excluding hydrogens is 590 g/mol. The van der Waals surface area contributed by atoms with E-state index in [9.17, 15) is 9.90 Å². The molecule has 1 unspecified atom stereocenters. The summed E-state index contributed by atoms with van der Waals surface area (Å²) in [5.41, 5.74) is 5.01. The van der Waals surface area contributed by atoms with Crippen LogP contribution in [0.2, 0.25) is 5.02 Å². The number of carbonyl (C=O) groups is 1. The first kappa shape index (κ1) is 30.8. The van der Waals surface area contributed by atoms with Gasteiger partial charge in [-0.2, -0.15) is 0 Å². The van der Waals surface area contributed by atoms with Gasteiger partial charge in [0.25, 0.3) is 0 Å². The molecule has 7 nitrogen and oxygen atoms in total. The SMILES string of the molecule is CC1(O)CCC(NC[C@@]2(c3ccccc3)Cc3c(cc(F)c(Cl)c3-c3c(C(N)=O)ccc(OCC4CCCO4)c3F)O2)CC1. The van der Waals surface area contributed by atoms with Gasteiger partial charge in [-0.25, -0.2) is 8.78 Å². The second-order valence-corrected chi connectivity index (χ2v) is 12.8. The second-order valence-electron chi connectivity index (χ2n) is 12.4. The Morgan fingerprint density at radius 3 is 2.57 bits per heavy atom. The summed E-state index contributed by atoms with van der Waals surface area (Å²) in [4.78, 5) is 12.6. The van der Waals surface area contributed by atoms with Crippen LogP contribution in [-0.2, 0) is 16.8 Å². The molecule has 2 heterocycles. The lowest BCUT2D eigenvalue weighted by Crippen LogP contribution is -2.48. The van der Waals surface area contributed by atoms with Gasteiger partial charge >= 0.3 is 0 Å². The summed E-state index contributed by atoms with van der Waals surface area (Å²) in [6.45, 7) is 2.97. The van der Waals surface area contributed by atoms with Crippen molar-refractivity contribution < 1.29 is 32.9 Å². The maximum absolute atomic E-state index is 16.4. The predicted octanol–water partition coefficient (Wildman–Crippen LogP) is 6.06. The van der Waals surface area contributed by atoms with Crippen molar-refractivity contribution in [2.75, 3.05) is 19.8 Å². The van der Waals surface area contributed by atoms with Gasteiger partial charge in [0.05, 0.1) is 22.3 Å². The van der Waals surface area contributed by atoms with Crippen LogP contribution in [0.25, 0.3) is 11.1 Å². The molecule has 6 rings (SSSR count). The third kappa shape index (κ3) is 6.03. The van der Waals surface area contributed by atoms with Crippen molar-refractivity contribution in [2.24, 2.45) is 5.73 Å². The number of hydrogen-bond acceptors (Lipinski definition) is 6. The Labute approximate surface area is 260 Å². The van der Waals surface area contributed by atoms with Gasteiger partial charge in [-0.05, 0) is 63.1 Å². The van der Waals surface area contributed by atoms with E-state index >= 15 is 8.78 Å². The van der Waals surface area contributed by atoms with Gasteiger partial charge in [0.1, 0.15) is 18.2 Å². The molecule has 1 amide bonds. The van der Waals surface area contributed by atoms with Crippen molar-refractivity contribution in [3.63, 3.8) is 0 Å². The summed E-state index contributed by atoms with van der Waals surface area (Å²) < 4.78 is 49.9. The van der Waals surface area contributed by atoms with Gasteiger partial charge in [0, 0.05) is 48.4 Å². The van der Waals surface area contributed by atoms with E-state index < -0.39 is 28.7 Å². The van der Waals surface area contributed by atoms with E-state index in [0.29, 0.717) is 31.6 Å². The predicted molar refractivity (Wildman–Crippen MR) is 163 cm³/mol. The molecule has 1 saturated carbocycles. The number of amides is 1. The Morgan fingerprint density at radius 1 is 1.14 bits per heavy atom. The third-order valence-corrected chi connectivity index (χ3v) is 9.53. The van der Waals surface area contributed by atoms with Gasteiger partial charge < -0.3 is 30.4 Å². The quantitative estimate of drug-likeness (QED) is 0.267. The van der Waals surface area contributed by atoms with Crippen LogP contribution in [0.5, 0.6) is 11.5 Å². The Hall–Kier alpha value is -3.24. The summed E-state index contributed by atoms with van der Waals surface area (Å²) in [5.74, 6) is -2.47. The number of benzene rings is 3. The fourth-order valence-corrected chi connectivity index (χ4v) is 6.90. The normalized spacial score (nSPS) is 26.3. The van der Waals surface area contributed by atoms with Crippen molar-refractivity contribution in [3.8, 4) is 22.6 Å². The molecule has 0 aromatic heterocycles. The highest BCUT2D eigenvalue weighted by molar-refractivity contribution is 6.34. The highest BCUT2D eigenvalue weighted by atomic mass is 35.5. The van der Waals surface area contributed by atoms with Gasteiger partial charge in [-0.1, -0.05) is 41.9 Å². The van der Waals surface area contributed by atoms with Crippen LogP contribution in [0, 0.1) is 11.6 Å². The van der Waals surface area contributed by atoms with Crippen LogP contribution in [0.4, 0.5) is 8.78 Å². The molecule has 1 aliphatic carbocycles. The van der Waals surface area contributed by atoms with E-state index in [4.69, 9.17) is 31.5 Å². The van der Waals surface area contributed by atoms with Crippen LogP contribution >= 0.6 is 11.6 Å². The number of primary amides is 1. The molecular formula is C34H37ClF2N2O5. The number of carbonyl (C=O) groups excluding carboxylic acids is 1. The minimum absolute atomic E-state index is 0.0158. The number of nitrogens with one attached hydrogen (secondary N) is 1. The van der Waals surface area contributed by atoms with E-state index in [1.165, 1.54) is 18.2 Å². The smallest absolute Gasteiger partial charge is 0.249 e. The highest BCUT2D eigenvalue weighted by Gasteiger charge is 2.45. The average molecular weight is 627 g/mol. The molecule has 44 heavy (non-hydrogen) atoms. The van der Waals surface area contributed by atoms with Crippen molar-refractivity contribution in [1.29, 1.82) is 0 Å². The maximum Gasteiger partial charge on any atom is 0.249 e. The summed E-state index contributed by atoms with van der Waals surface area (Å²) >= 11 is 6.61. The number of aliphatic hydroxyl groups is 1. The fourth-order valence-electron chi connectivity index (χ4n) is 6.63. The van der Waals surface area contributed by atoms with Crippen molar-refractivity contribution >= 4 is 17.5 Å². The Bertz CT molecular complexity index is 1540. The Balaban J connectivity index is 1.40. The molecule has 1 saturated heterocycles. The molecule has 10 heteroatoms. The van der Waals surface area contributed by atoms with Crippen molar-refractivity contribution in [3.05, 3.63) is 81.9 Å². The van der Waals surface area contributed by atoms with E-state index in [1.807, 2.05) is 37.3 Å². The molecule has 4 N–H and O–H groups in total. The minimum Gasteiger partial charge on any atom is -0.488 e. The van der Waals surface area contributed by atoms with E-state index in [2.05, 4.69) is 5.32 Å². The van der Waals surface area contributed by atoms with Gasteiger partial charge in [-0.15, -0.1) is 0 Å². The Kier molecular flexibility index (Phi) is 8.58. The summed E-state index contributed by atoms with van der Waals surface area (Å²) in [5, 5.41) is 13.7. The molecule has 0 radical (unpaired) electrons. The highest BCUT2D eigenvalue weighted by Crippen LogP contribution is 2.50. The lowest BCUT2D eigenvalue weighted by atomic mass is 9.82. The average Bonchev–Trinajstić information content (AvgIpc) is 3.66. The number of nitrogens with two attached hydrogens (primary N) is 1. The summed E-state index contributed by atoms with van der Waals surface area (Å²) in [7, 11) is 0. The zero-order valence-electron chi connectivity index (χ0n) is 24.6. The number of halogens is 3. The number of hydrogen-bond donors (Lipinski definition) is 3. The lowest BCUT2D eigenvalue weighted by molar-refractivity contribution is 0.0104. The summed E-state index contributed by atoms with van der Waals surface area (Å²) in [6.07, 6.45) is 4.68. The monoisotopic (exact) mass is 626 g/mol. The number of ether oxygens (including phenoxy) is 3. The molecule has 3 aromatic carbocycles. The standard InChI is InChI=1S/C34H37ClF2N2O5/c1-33(41)13-11-21(12-14-33)39-19-34(20-6-3-2-4-7-20)17-24-27(44-34)16-25(36)30(35)28(24)29-23(32(38)40)9-10-26(31(29)37)43-18-22-8-5-15-42-22/h2-4,6-7,9-10,16,21-22,39,41H,5,8,11-15,17-19H2,1H3,(H2,38,40)/t21?,22?,33?,34-/m1/s1. The van der Waals surface area contributed by atoms with Crippen LogP contribution in [0.15, 0.2) is 48.5 Å². The first-order valence-electron chi connectivity index (χ1n) is 15.2. The van der Waals surface area contributed by atoms with E-state index in [1.54, 1.807) is 0 Å². The number of fused-ring (bicyclic) bond motifs is 1. The first-order chi connectivity index (χ1) is 21.1. The molecule has 0 bridgehead atoms. The van der Waals surface area contributed by atoms with Crippen molar-refractivity contribution in [2.45, 2.75) is 75.2 Å². The van der Waals surface area contributed by atoms with Crippen LogP contribution < -0.4 is 20.5 Å². The van der Waals surface area contributed by atoms with Crippen molar-refractivity contribution in [1.82, 2.24) is 5.32 Å². The molecule has 0 spiro atoms.